The zero-order valence-electron chi connectivity index (χ0n) is 7.30. The molecule has 0 spiro atoms. The lowest BCUT2D eigenvalue weighted by atomic mass is 10.1. The molecule has 0 saturated carbocycles. The second kappa shape index (κ2) is 9.02. The van der Waals surface area contributed by atoms with Gasteiger partial charge in [0.15, 0.2) is 0 Å². The average Bonchev–Trinajstić information content (AvgIpc) is 2.10. The largest absolute Gasteiger partial charge is 0.378 e. The van der Waals surface area contributed by atoms with Gasteiger partial charge in [0.1, 0.15) is 6.10 Å². The molecule has 0 amide bonds. The van der Waals surface area contributed by atoms with E-state index in [-0.39, 0.29) is 0 Å². The van der Waals surface area contributed by atoms with Crippen molar-refractivity contribution in [3.63, 3.8) is 0 Å². The maximum atomic E-state index is 8.89. The smallest absolute Gasteiger partial charge is 0.140 e. The Labute approximate surface area is 82.7 Å². The van der Waals surface area contributed by atoms with Gasteiger partial charge in [0.2, 0.25) is 0 Å². The lowest BCUT2D eigenvalue weighted by molar-refractivity contribution is 0.215. The van der Waals surface area contributed by atoms with Gasteiger partial charge >= 0.3 is 0 Å². The summed E-state index contributed by atoms with van der Waals surface area (Å²) in [5.41, 5.74) is 0. The molecule has 0 radical (unpaired) electrons. The van der Waals surface area contributed by atoms with E-state index in [1.54, 1.807) is 0 Å². The molecule has 0 saturated heterocycles. The highest BCUT2D eigenvalue weighted by atomic mass is 79.9. The molecular formula is C9H16BrNO. The summed E-state index contributed by atoms with van der Waals surface area (Å²) in [4.78, 5) is 0. The molecule has 0 aromatic rings. The summed E-state index contributed by atoms with van der Waals surface area (Å²) in [7, 11) is 0. The highest BCUT2D eigenvalue weighted by Crippen LogP contribution is 2.07. The molecule has 0 aromatic carbocycles. The monoisotopic (exact) mass is 233 g/mol. The van der Waals surface area contributed by atoms with E-state index in [4.69, 9.17) is 10.4 Å². The lowest BCUT2D eigenvalue weighted by Crippen LogP contribution is -2.01. The van der Waals surface area contributed by atoms with E-state index in [0.29, 0.717) is 6.42 Å². The van der Waals surface area contributed by atoms with Crippen molar-refractivity contribution in [3.8, 4) is 6.07 Å². The Bertz CT molecular complexity index is 133. The molecule has 0 rings (SSSR count). The van der Waals surface area contributed by atoms with Crippen molar-refractivity contribution in [1.29, 1.82) is 5.26 Å². The third-order valence-electron chi connectivity index (χ3n) is 1.76. The molecule has 1 N–H and O–H groups in total. The Morgan fingerprint density at radius 1 is 1.17 bits per heavy atom. The predicted molar refractivity (Wildman–Crippen MR) is 53.1 cm³/mol. The lowest BCUT2D eigenvalue weighted by Gasteiger charge is -2.00. The molecule has 0 fully saturated rings. The molecule has 0 unspecified atom stereocenters. The van der Waals surface area contributed by atoms with Gasteiger partial charge in [-0.05, 0) is 19.3 Å². The van der Waals surface area contributed by atoms with Crippen LogP contribution in [0.2, 0.25) is 0 Å². The molecule has 0 aromatic heterocycles. The van der Waals surface area contributed by atoms with Crippen molar-refractivity contribution < 1.29 is 5.11 Å². The van der Waals surface area contributed by atoms with Gasteiger partial charge in [-0.3, -0.25) is 0 Å². The van der Waals surface area contributed by atoms with Crippen molar-refractivity contribution in [2.24, 2.45) is 0 Å². The molecule has 3 heteroatoms. The number of halogens is 1. The molecule has 2 nitrogen and oxygen atoms in total. The summed E-state index contributed by atoms with van der Waals surface area (Å²) in [6.45, 7) is 0. The SMILES string of the molecule is N#C[C@H](O)CCCCCCCBr. The van der Waals surface area contributed by atoms with Crippen LogP contribution in [0, 0.1) is 11.3 Å². The van der Waals surface area contributed by atoms with Crippen LogP contribution in [0.1, 0.15) is 38.5 Å². The quantitative estimate of drug-likeness (QED) is 0.418. The third-order valence-corrected chi connectivity index (χ3v) is 2.32. The average molecular weight is 234 g/mol. The summed E-state index contributed by atoms with van der Waals surface area (Å²) in [6.07, 6.45) is 5.66. The molecule has 0 aliphatic heterocycles. The molecule has 0 bridgehead atoms. The maximum absolute atomic E-state index is 8.89. The fourth-order valence-corrected chi connectivity index (χ4v) is 1.42. The van der Waals surface area contributed by atoms with Crippen LogP contribution in [0.3, 0.4) is 0 Å². The molecule has 0 aliphatic rings. The van der Waals surface area contributed by atoms with Gasteiger partial charge in [-0.2, -0.15) is 5.26 Å². The number of hydrogen-bond donors (Lipinski definition) is 1. The van der Waals surface area contributed by atoms with Crippen LogP contribution in [0.25, 0.3) is 0 Å². The van der Waals surface area contributed by atoms with Crippen LogP contribution in [0.5, 0.6) is 0 Å². The van der Waals surface area contributed by atoms with Gasteiger partial charge in [-0.25, -0.2) is 0 Å². The van der Waals surface area contributed by atoms with E-state index in [1.807, 2.05) is 6.07 Å². The van der Waals surface area contributed by atoms with Crippen LogP contribution in [-0.4, -0.2) is 16.5 Å². The fraction of sp³-hybridized carbons (Fsp3) is 0.889. The Balaban J connectivity index is 2.96. The first-order valence-corrected chi connectivity index (χ1v) is 5.57. The number of nitriles is 1. The van der Waals surface area contributed by atoms with Gasteiger partial charge in [0, 0.05) is 5.33 Å². The fourth-order valence-electron chi connectivity index (χ4n) is 1.03. The van der Waals surface area contributed by atoms with Crippen molar-refractivity contribution in [2.45, 2.75) is 44.6 Å². The van der Waals surface area contributed by atoms with Crippen LogP contribution in [0.15, 0.2) is 0 Å². The van der Waals surface area contributed by atoms with Crippen molar-refractivity contribution in [2.75, 3.05) is 5.33 Å². The minimum Gasteiger partial charge on any atom is -0.378 e. The van der Waals surface area contributed by atoms with E-state index in [2.05, 4.69) is 15.9 Å². The van der Waals surface area contributed by atoms with Gasteiger partial charge in [0.05, 0.1) is 6.07 Å². The van der Waals surface area contributed by atoms with Gasteiger partial charge < -0.3 is 5.11 Å². The minimum atomic E-state index is -0.749. The van der Waals surface area contributed by atoms with Crippen LogP contribution in [0.4, 0.5) is 0 Å². The van der Waals surface area contributed by atoms with Crippen molar-refractivity contribution in [1.82, 2.24) is 0 Å². The number of nitrogens with zero attached hydrogens (tertiary/aromatic N) is 1. The molecule has 1 atom stereocenters. The first kappa shape index (κ1) is 11.9. The van der Waals surface area contributed by atoms with Gasteiger partial charge in [-0.1, -0.05) is 35.2 Å². The predicted octanol–water partition coefficient (Wildman–Crippen LogP) is 2.61. The van der Waals surface area contributed by atoms with Gasteiger partial charge in [-0.15, -0.1) is 0 Å². The highest BCUT2D eigenvalue weighted by molar-refractivity contribution is 9.09. The Morgan fingerprint density at radius 2 is 1.75 bits per heavy atom. The maximum Gasteiger partial charge on any atom is 0.140 e. The summed E-state index contributed by atoms with van der Waals surface area (Å²) in [5, 5.41) is 18.2. The van der Waals surface area contributed by atoms with Crippen molar-refractivity contribution >= 4 is 15.9 Å². The second-order valence-corrected chi connectivity index (χ2v) is 3.68. The highest BCUT2D eigenvalue weighted by Gasteiger charge is 1.99. The third kappa shape index (κ3) is 8.03. The Kier molecular flexibility index (Phi) is 8.97. The van der Waals surface area contributed by atoms with Crippen LogP contribution >= 0.6 is 15.9 Å². The van der Waals surface area contributed by atoms with E-state index in [1.165, 1.54) is 19.3 Å². The molecular weight excluding hydrogens is 218 g/mol. The van der Waals surface area contributed by atoms with E-state index in [0.717, 1.165) is 18.2 Å². The number of alkyl halides is 1. The number of aliphatic hydroxyl groups is 1. The first-order valence-electron chi connectivity index (χ1n) is 4.45. The van der Waals surface area contributed by atoms with E-state index >= 15 is 0 Å². The van der Waals surface area contributed by atoms with E-state index < -0.39 is 6.10 Å². The number of unbranched alkanes of at least 4 members (excludes halogenated alkanes) is 4. The van der Waals surface area contributed by atoms with Crippen LogP contribution in [-0.2, 0) is 0 Å². The zero-order valence-corrected chi connectivity index (χ0v) is 8.89. The summed E-state index contributed by atoms with van der Waals surface area (Å²) in [6, 6.07) is 1.82. The Hall–Kier alpha value is -0.0700. The summed E-state index contributed by atoms with van der Waals surface area (Å²) in [5.74, 6) is 0. The minimum absolute atomic E-state index is 0.630. The normalized spacial score (nSPS) is 12.4. The first-order chi connectivity index (χ1) is 5.81. The topological polar surface area (TPSA) is 44.0 Å². The zero-order chi connectivity index (χ0) is 9.23. The Morgan fingerprint density at radius 3 is 2.33 bits per heavy atom. The molecule has 0 heterocycles. The number of rotatable bonds is 7. The molecule has 12 heavy (non-hydrogen) atoms. The number of aliphatic hydroxyl groups excluding tert-OH is 1. The van der Waals surface area contributed by atoms with Crippen LogP contribution < -0.4 is 0 Å². The summed E-state index contributed by atoms with van der Waals surface area (Å²) < 4.78 is 0. The standard InChI is InChI=1S/C9H16BrNO/c10-7-5-3-1-2-4-6-9(12)8-11/h9,12H,1-7H2/t9-/m1/s1. The van der Waals surface area contributed by atoms with E-state index in [9.17, 15) is 0 Å². The van der Waals surface area contributed by atoms with Gasteiger partial charge in [0.25, 0.3) is 0 Å². The molecule has 70 valence electrons. The second-order valence-electron chi connectivity index (χ2n) is 2.89. The summed E-state index contributed by atoms with van der Waals surface area (Å²) >= 11 is 3.37. The number of hydrogen-bond acceptors (Lipinski definition) is 2. The van der Waals surface area contributed by atoms with Crippen molar-refractivity contribution in [3.05, 3.63) is 0 Å². The molecule has 0 aliphatic carbocycles.